The third-order valence-electron chi connectivity index (χ3n) is 3.13. The molecule has 17 heavy (non-hydrogen) atoms. The summed E-state index contributed by atoms with van der Waals surface area (Å²) in [6.45, 7) is 0.836. The van der Waals surface area contributed by atoms with E-state index in [-0.39, 0.29) is 12.6 Å². The molecule has 1 heterocycles. The molecular weight excluding hydrogens is 218 g/mol. The highest BCUT2D eigenvalue weighted by atomic mass is 16.5. The standard InChI is InChI=1S/C13H19NO3/c1-16-12-5-4-11-9(3-2-8-17-11)13(12)10(14)6-7-15/h4-5,10,15H,2-3,6-8,14H2,1H3. The molecule has 0 aliphatic carbocycles. The van der Waals surface area contributed by atoms with Crippen LogP contribution in [0.15, 0.2) is 12.1 Å². The van der Waals surface area contributed by atoms with E-state index in [1.54, 1.807) is 7.11 Å². The lowest BCUT2D eigenvalue weighted by atomic mass is 9.93. The third-order valence-corrected chi connectivity index (χ3v) is 3.13. The van der Waals surface area contributed by atoms with Crippen LogP contribution in [0.1, 0.15) is 30.0 Å². The molecule has 0 fully saturated rings. The Balaban J connectivity index is 2.44. The zero-order valence-electron chi connectivity index (χ0n) is 10.1. The van der Waals surface area contributed by atoms with Crippen molar-refractivity contribution in [2.24, 2.45) is 5.73 Å². The van der Waals surface area contributed by atoms with Crippen LogP contribution in [-0.2, 0) is 6.42 Å². The summed E-state index contributed by atoms with van der Waals surface area (Å²) in [4.78, 5) is 0. The zero-order chi connectivity index (χ0) is 12.3. The molecule has 3 N–H and O–H groups in total. The summed E-state index contributed by atoms with van der Waals surface area (Å²) < 4.78 is 11.0. The minimum absolute atomic E-state index is 0.0782. The molecule has 1 aliphatic rings. The van der Waals surface area contributed by atoms with Crippen LogP contribution in [0.2, 0.25) is 0 Å². The summed E-state index contributed by atoms with van der Waals surface area (Å²) >= 11 is 0. The van der Waals surface area contributed by atoms with E-state index < -0.39 is 0 Å². The van der Waals surface area contributed by atoms with Crippen LogP contribution in [0, 0.1) is 0 Å². The Kier molecular flexibility index (Phi) is 3.86. The fourth-order valence-electron chi connectivity index (χ4n) is 2.32. The van der Waals surface area contributed by atoms with E-state index >= 15 is 0 Å². The van der Waals surface area contributed by atoms with Gasteiger partial charge in [0, 0.05) is 23.8 Å². The second kappa shape index (κ2) is 5.38. The smallest absolute Gasteiger partial charge is 0.124 e. The lowest BCUT2D eigenvalue weighted by Crippen LogP contribution is -2.19. The molecule has 0 bridgehead atoms. The monoisotopic (exact) mass is 237 g/mol. The maximum absolute atomic E-state index is 9.01. The van der Waals surface area contributed by atoms with Gasteiger partial charge in [-0.1, -0.05) is 0 Å². The van der Waals surface area contributed by atoms with Gasteiger partial charge in [0.2, 0.25) is 0 Å². The topological polar surface area (TPSA) is 64.7 Å². The fourth-order valence-corrected chi connectivity index (χ4v) is 2.32. The number of methoxy groups -OCH3 is 1. The number of ether oxygens (including phenoxy) is 2. The van der Waals surface area contributed by atoms with Gasteiger partial charge in [0.05, 0.1) is 13.7 Å². The Hall–Kier alpha value is -1.26. The van der Waals surface area contributed by atoms with Crippen molar-refractivity contribution in [2.75, 3.05) is 20.3 Å². The highest BCUT2D eigenvalue weighted by molar-refractivity contribution is 5.51. The van der Waals surface area contributed by atoms with Crippen molar-refractivity contribution in [3.63, 3.8) is 0 Å². The van der Waals surface area contributed by atoms with Gasteiger partial charge in [0.25, 0.3) is 0 Å². The summed E-state index contributed by atoms with van der Waals surface area (Å²) in [6.07, 6.45) is 2.49. The Morgan fingerprint density at radius 2 is 2.35 bits per heavy atom. The maximum Gasteiger partial charge on any atom is 0.124 e. The molecule has 4 heteroatoms. The molecule has 0 aromatic heterocycles. The van der Waals surface area contributed by atoms with Crippen LogP contribution in [-0.4, -0.2) is 25.4 Å². The lowest BCUT2D eigenvalue weighted by molar-refractivity contribution is 0.269. The highest BCUT2D eigenvalue weighted by Gasteiger charge is 2.22. The maximum atomic E-state index is 9.01. The van der Waals surface area contributed by atoms with Crippen molar-refractivity contribution in [3.05, 3.63) is 23.3 Å². The van der Waals surface area contributed by atoms with Gasteiger partial charge < -0.3 is 20.3 Å². The minimum Gasteiger partial charge on any atom is -0.496 e. The first-order valence-corrected chi connectivity index (χ1v) is 5.97. The first-order valence-electron chi connectivity index (χ1n) is 5.97. The molecule has 0 saturated carbocycles. The van der Waals surface area contributed by atoms with Crippen LogP contribution in [0.3, 0.4) is 0 Å². The number of aliphatic hydroxyl groups is 1. The molecule has 0 amide bonds. The van der Waals surface area contributed by atoms with Gasteiger partial charge in [-0.05, 0) is 31.4 Å². The van der Waals surface area contributed by atoms with E-state index in [9.17, 15) is 0 Å². The van der Waals surface area contributed by atoms with E-state index in [1.807, 2.05) is 12.1 Å². The molecule has 2 rings (SSSR count). The molecule has 94 valence electrons. The Bertz CT molecular complexity index is 392. The van der Waals surface area contributed by atoms with Gasteiger partial charge in [-0.15, -0.1) is 0 Å². The van der Waals surface area contributed by atoms with Gasteiger partial charge in [0.1, 0.15) is 11.5 Å². The fraction of sp³-hybridized carbons (Fsp3) is 0.538. The molecule has 4 nitrogen and oxygen atoms in total. The highest BCUT2D eigenvalue weighted by Crippen LogP contribution is 2.37. The number of aliphatic hydroxyl groups excluding tert-OH is 1. The van der Waals surface area contributed by atoms with Gasteiger partial charge in [0.15, 0.2) is 0 Å². The third kappa shape index (κ3) is 2.37. The predicted octanol–water partition coefficient (Wildman–Crippen LogP) is 1.40. The van der Waals surface area contributed by atoms with Crippen LogP contribution in [0.25, 0.3) is 0 Å². The normalized spacial score (nSPS) is 15.9. The summed E-state index contributed by atoms with van der Waals surface area (Å²) in [5.41, 5.74) is 8.23. The number of fused-ring (bicyclic) bond motifs is 1. The van der Waals surface area contributed by atoms with Crippen molar-refractivity contribution >= 4 is 0 Å². The van der Waals surface area contributed by atoms with Crippen molar-refractivity contribution in [2.45, 2.75) is 25.3 Å². The minimum atomic E-state index is -0.202. The zero-order valence-corrected chi connectivity index (χ0v) is 10.1. The number of rotatable bonds is 4. The summed E-state index contributed by atoms with van der Waals surface area (Å²) in [7, 11) is 1.64. The van der Waals surface area contributed by atoms with Crippen molar-refractivity contribution < 1.29 is 14.6 Å². The van der Waals surface area contributed by atoms with Crippen LogP contribution in [0.4, 0.5) is 0 Å². The molecule has 1 aromatic rings. The molecule has 0 radical (unpaired) electrons. The number of hydrogen-bond acceptors (Lipinski definition) is 4. The van der Waals surface area contributed by atoms with E-state index in [4.69, 9.17) is 20.3 Å². The van der Waals surface area contributed by atoms with Crippen LogP contribution >= 0.6 is 0 Å². The molecule has 0 saturated heterocycles. The first kappa shape index (κ1) is 12.2. The molecule has 1 atom stereocenters. The molecular formula is C13H19NO3. The van der Waals surface area contributed by atoms with Crippen molar-refractivity contribution in [3.8, 4) is 11.5 Å². The Labute approximate surface area is 101 Å². The summed E-state index contributed by atoms with van der Waals surface area (Å²) in [5.74, 6) is 1.69. The molecule has 1 unspecified atom stereocenters. The predicted molar refractivity (Wildman–Crippen MR) is 65.4 cm³/mol. The van der Waals surface area contributed by atoms with E-state index in [0.717, 1.165) is 42.1 Å². The average molecular weight is 237 g/mol. The Morgan fingerprint density at radius 1 is 1.53 bits per heavy atom. The van der Waals surface area contributed by atoms with Crippen molar-refractivity contribution in [1.82, 2.24) is 0 Å². The van der Waals surface area contributed by atoms with E-state index in [1.165, 1.54) is 0 Å². The lowest BCUT2D eigenvalue weighted by Gasteiger charge is -2.25. The van der Waals surface area contributed by atoms with Gasteiger partial charge >= 0.3 is 0 Å². The quantitative estimate of drug-likeness (QED) is 0.831. The second-order valence-electron chi connectivity index (χ2n) is 4.23. The molecule has 0 spiro atoms. The average Bonchev–Trinajstić information content (AvgIpc) is 2.37. The number of hydrogen-bond donors (Lipinski definition) is 2. The van der Waals surface area contributed by atoms with E-state index in [2.05, 4.69) is 0 Å². The molecule has 1 aromatic carbocycles. The first-order chi connectivity index (χ1) is 8.27. The van der Waals surface area contributed by atoms with Gasteiger partial charge in [-0.25, -0.2) is 0 Å². The second-order valence-corrected chi connectivity index (χ2v) is 4.23. The largest absolute Gasteiger partial charge is 0.496 e. The summed E-state index contributed by atoms with van der Waals surface area (Å²) in [5, 5.41) is 9.01. The SMILES string of the molecule is COc1ccc2c(c1C(N)CCO)CCCO2. The number of nitrogens with two attached hydrogens (primary N) is 1. The van der Waals surface area contributed by atoms with Gasteiger partial charge in [-0.2, -0.15) is 0 Å². The van der Waals surface area contributed by atoms with Crippen LogP contribution in [0.5, 0.6) is 11.5 Å². The van der Waals surface area contributed by atoms with Crippen LogP contribution < -0.4 is 15.2 Å². The van der Waals surface area contributed by atoms with Crippen molar-refractivity contribution in [1.29, 1.82) is 0 Å². The number of benzene rings is 1. The summed E-state index contributed by atoms with van der Waals surface area (Å²) in [6, 6.07) is 3.62. The molecule has 1 aliphatic heterocycles. The Morgan fingerprint density at radius 3 is 3.06 bits per heavy atom. The van der Waals surface area contributed by atoms with E-state index in [0.29, 0.717) is 6.42 Å². The van der Waals surface area contributed by atoms with Gasteiger partial charge in [-0.3, -0.25) is 0 Å².